The first kappa shape index (κ1) is 15.6. The van der Waals surface area contributed by atoms with E-state index in [2.05, 4.69) is 48.9 Å². The summed E-state index contributed by atoms with van der Waals surface area (Å²) in [6, 6.07) is 2.78. The second kappa shape index (κ2) is 8.59. The molecule has 104 valence electrons. The Balaban J connectivity index is 2.57. The lowest BCUT2D eigenvalue weighted by atomic mass is 10.1. The van der Waals surface area contributed by atoms with E-state index >= 15 is 0 Å². The summed E-state index contributed by atoms with van der Waals surface area (Å²) in [4.78, 5) is 0. The Morgan fingerprint density at radius 1 is 1.39 bits per heavy atom. The largest absolute Gasteiger partial charge is 0.313 e. The van der Waals surface area contributed by atoms with Gasteiger partial charge in [0.2, 0.25) is 0 Å². The molecule has 3 nitrogen and oxygen atoms in total. The van der Waals surface area contributed by atoms with Crippen molar-refractivity contribution < 1.29 is 0 Å². The fraction of sp³-hybridized carbons (Fsp3) is 0.786. The number of nitrogens with zero attached hydrogens (tertiary/aromatic N) is 2. The lowest BCUT2D eigenvalue weighted by Gasteiger charge is -2.17. The van der Waals surface area contributed by atoms with Gasteiger partial charge >= 0.3 is 0 Å². The molecule has 0 amide bonds. The van der Waals surface area contributed by atoms with E-state index < -0.39 is 0 Å². The quantitative estimate of drug-likeness (QED) is 0.699. The highest BCUT2D eigenvalue weighted by molar-refractivity contribution is 7.99. The summed E-state index contributed by atoms with van der Waals surface area (Å²) in [5, 5.41) is 8.11. The van der Waals surface area contributed by atoms with Gasteiger partial charge in [0.1, 0.15) is 0 Å². The fourth-order valence-electron chi connectivity index (χ4n) is 2.14. The van der Waals surface area contributed by atoms with Crippen LogP contribution in [0.5, 0.6) is 0 Å². The molecule has 0 bridgehead atoms. The molecule has 1 heterocycles. The standard InChI is InChI=1S/C14H27N3S/c1-5-8-18-11-13(15-6-2)10-14-9-12(4)16-17(14)7-3/h9,13,15H,5-8,10-11H2,1-4H3. The first-order chi connectivity index (χ1) is 8.71. The molecule has 4 heteroatoms. The minimum absolute atomic E-state index is 0.563. The van der Waals surface area contributed by atoms with Crippen LogP contribution in [0.2, 0.25) is 0 Å². The molecule has 1 atom stereocenters. The Labute approximate surface area is 116 Å². The maximum atomic E-state index is 4.52. The molecular weight excluding hydrogens is 242 g/mol. The van der Waals surface area contributed by atoms with Crippen LogP contribution in [-0.4, -0.2) is 33.9 Å². The molecule has 1 N–H and O–H groups in total. The van der Waals surface area contributed by atoms with Crippen molar-refractivity contribution >= 4 is 11.8 Å². The second-order valence-corrected chi connectivity index (χ2v) is 5.78. The Bertz CT molecular complexity index is 336. The Kier molecular flexibility index (Phi) is 7.44. The van der Waals surface area contributed by atoms with Crippen molar-refractivity contribution in [1.29, 1.82) is 0 Å². The molecule has 1 aromatic rings. The van der Waals surface area contributed by atoms with E-state index in [-0.39, 0.29) is 0 Å². The molecule has 1 unspecified atom stereocenters. The molecule has 1 aromatic heterocycles. The van der Waals surface area contributed by atoms with Crippen LogP contribution in [0.3, 0.4) is 0 Å². The topological polar surface area (TPSA) is 29.9 Å². The summed E-state index contributed by atoms with van der Waals surface area (Å²) in [5.74, 6) is 2.45. The highest BCUT2D eigenvalue weighted by Crippen LogP contribution is 2.11. The van der Waals surface area contributed by atoms with Gasteiger partial charge in [0.25, 0.3) is 0 Å². The van der Waals surface area contributed by atoms with Crippen molar-refractivity contribution in [2.75, 3.05) is 18.1 Å². The zero-order valence-corrected chi connectivity index (χ0v) is 13.0. The van der Waals surface area contributed by atoms with Crippen molar-refractivity contribution in [2.45, 2.75) is 53.1 Å². The van der Waals surface area contributed by atoms with E-state index in [0.29, 0.717) is 6.04 Å². The van der Waals surface area contributed by atoms with E-state index in [1.165, 1.54) is 23.6 Å². The van der Waals surface area contributed by atoms with Crippen molar-refractivity contribution in [3.8, 4) is 0 Å². The minimum atomic E-state index is 0.563. The van der Waals surface area contributed by atoms with Gasteiger partial charge in [-0.05, 0) is 38.6 Å². The number of aromatic nitrogens is 2. The Morgan fingerprint density at radius 3 is 2.78 bits per heavy atom. The summed E-state index contributed by atoms with van der Waals surface area (Å²) in [6.45, 7) is 10.7. The molecular formula is C14H27N3S. The van der Waals surface area contributed by atoms with Crippen molar-refractivity contribution in [2.24, 2.45) is 0 Å². The first-order valence-corrected chi connectivity index (χ1v) is 8.21. The molecule has 0 radical (unpaired) electrons. The lowest BCUT2D eigenvalue weighted by Crippen LogP contribution is -2.34. The number of aryl methyl sites for hydroxylation is 2. The van der Waals surface area contributed by atoms with Gasteiger partial charge in [-0.15, -0.1) is 0 Å². The van der Waals surface area contributed by atoms with Crippen LogP contribution in [-0.2, 0) is 13.0 Å². The van der Waals surface area contributed by atoms with Crippen LogP contribution in [0.25, 0.3) is 0 Å². The SMILES string of the molecule is CCCSCC(Cc1cc(C)nn1CC)NCC. The highest BCUT2D eigenvalue weighted by atomic mass is 32.2. The molecule has 1 rings (SSSR count). The van der Waals surface area contributed by atoms with Gasteiger partial charge in [-0.1, -0.05) is 13.8 Å². The summed E-state index contributed by atoms with van der Waals surface area (Å²) >= 11 is 2.05. The van der Waals surface area contributed by atoms with Crippen LogP contribution in [0.15, 0.2) is 6.07 Å². The average molecular weight is 269 g/mol. The van der Waals surface area contributed by atoms with Gasteiger partial charge in [-0.2, -0.15) is 16.9 Å². The fourth-order valence-corrected chi connectivity index (χ4v) is 3.11. The van der Waals surface area contributed by atoms with Gasteiger partial charge in [0, 0.05) is 30.5 Å². The maximum absolute atomic E-state index is 4.52. The summed E-state index contributed by atoms with van der Waals surface area (Å²) in [7, 11) is 0. The predicted molar refractivity (Wildman–Crippen MR) is 81.4 cm³/mol. The van der Waals surface area contributed by atoms with Gasteiger partial charge in [0.05, 0.1) is 5.69 Å². The number of rotatable bonds is 9. The van der Waals surface area contributed by atoms with Crippen LogP contribution in [0.4, 0.5) is 0 Å². The van der Waals surface area contributed by atoms with E-state index in [1.807, 2.05) is 11.8 Å². The Hall–Kier alpha value is -0.480. The minimum Gasteiger partial charge on any atom is -0.313 e. The zero-order valence-electron chi connectivity index (χ0n) is 12.2. The van der Waals surface area contributed by atoms with Crippen LogP contribution >= 0.6 is 11.8 Å². The smallest absolute Gasteiger partial charge is 0.0596 e. The molecule has 0 aliphatic rings. The van der Waals surface area contributed by atoms with Crippen LogP contribution < -0.4 is 5.32 Å². The third-order valence-electron chi connectivity index (χ3n) is 2.90. The first-order valence-electron chi connectivity index (χ1n) is 7.05. The van der Waals surface area contributed by atoms with E-state index in [4.69, 9.17) is 0 Å². The molecule has 0 saturated carbocycles. The zero-order chi connectivity index (χ0) is 13.4. The average Bonchev–Trinajstić information content (AvgIpc) is 2.70. The maximum Gasteiger partial charge on any atom is 0.0596 e. The molecule has 0 aromatic carbocycles. The van der Waals surface area contributed by atoms with Gasteiger partial charge in [0.15, 0.2) is 0 Å². The monoisotopic (exact) mass is 269 g/mol. The van der Waals surface area contributed by atoms with E-state index in [9.17, 15) is 0 Å². The third-order valence-corrected chi connectivity index (χ3v) is 4.24. The lowest BCUT2D eigenvalue weighted by molar-refractivity contribution is 0.533. The number of hydrogen-bond acceptors (Lipinski definition) is 3. The number of hydrogen-bond donors (Lipinski definition) is 1. The molecule has 0 saturated heterocycles. The van der Waals surface area contributed by atoms with Crippen LogP contribution in [0.1, 0.15) is 38.6 Å². The van der Waals surface area contributed by atoms with Crippen molar-refractivity contribution in [3.05, 3.63) is 17.5 Å². The van der Waals surface area contributed by atoms with Crippen molar-refractivity contribution in [1.82, 2.24) is 15.1 Å². The predicted octanol–water partition coefficient (Wildman–Crippen LogP) is 2.88. The van der Waals surface area contributed by atoms with Gasteiger partial charge < -0.3 is 5.32 Å². The third kappa shape index (κ3) is 5.02. The molecule has 0 fully saturated rings. The highest BCUT2D eigenvalue weighted by Gasteiger charge is 2.12. The number of likely N-dealkylation sites (N-methyl/N-ethyl adjacent to an activating group) is 1. The van der Waals surface area contributed by atoms with Crippen LogP contribution in [0, 0.1) is 6.92 Å². The second-order valence-electron chi connectivity index (χ2n) is 4.63. The summed E-state index contributed by atoms with van der Waals surface area (Å²) < 4.78 is 2.13. The number of thioether (sulfide) groups is 1. The van der Waals surface area contributed by atoms with Gasteiger partial charge in [-0.3, -0.25) is 4.68 Å². The van der Waals surface area contributed by atoms with Crippen molar-refractivity contribution in [3.63, 3.8) is 0 Å². The molecule has 0 spiro atoms. The molecule has 0 aliphatic carbocycles. The normalized spacial score (nSPS) is 12.9. The molecule has 18 heavy (non-hydrogen) atoms. The molecule has 0 aliphatic heterocycles. The van der Waals surface area contributed by atoms with Gasteiger partial charge in [-0.25, -0.2) is 0 Å². The van der Waals surface area contributed by atoms with E-state index in [1.54, 1.807) is 0 Å². The van der Waals surface area contributed by atoms with E-state index in [0.717, 1.165) is 25.2 Å². The summed E-state index contributed by atoms with van der Waals surface area (Å²) in [5.41, 5.74) is 2.49. The summed E-state index contributed by atoms with van der Waals surface area (Å²) in [6.07, 6.45) is 2.34. The number of nitrogens with one attached hydrogen (secondary N) is 1. The Morgan fingerprint density at radius 2 is 2.17 bits per heavy atom.